The Bertz CT molecular complexity index is 377. The fourth-order valence-electron chi connectivity index (χ4n) is 2.76. The van der Waals surface area contributed by atoms with Crippen LogP contribution in [0.1, 0.15) is 18.4 Å². The Hall–Kier alpha value is -0.910. The lowest BCUT2D eigenvalue weighted by Crippen LogP contribution is -2.34. The highest BCUT2D eigenvalue weighted by atomic mass is 16.5. The summed E-state index contributed by atoms with van der Waals surface area (Å²) in [6.45, 7) is 6.18. The van der Waals surface area contributed by atoms with Gasteiger partial charge in [0.1, 0.15) is 0 Å². The van der Waals surface area contributed by atoms with E-state index in [-0.39, 0.29) is 0 Å². The Labute approximate surface area is 109 Å². The van der Waals surface area contributed by atoms with Gasteiger partial charge in [0.2, 0.25) is 0 Å². The molecule has 1 aliphatic rings. The molecule has 1 N–H and O–H groups in total. The Morgan fingerprint density at radius 1 is 1.50 bits per heavy atom. The maximum Gasteiger partial charge on any atom is 0.151 e. The zero-order valence-corrected chi connectivity index (χ0v) is 11.8. The van der Waals surface area contributed by atoms with E-state index in [1.54, 1.807) is 0 Å². The third-order valence-electron chi connectivity index (χ3n) is 3.66. The van der Waals surface area contributed by atoms with Crippen molar-refractivity contribution in [2.75, 3.05) is 34.2 Å². The minimum absolute atomic E-state index is 0.643. The van der Waals surface area contributed by atoms with E-state index in [9.17, 15) is 0 Å². The van der Waals surface area contributed by atoms with E-state index in [0.29, 0.717) is 12.0 Å². The highest BCUT2D eigenvalue weighted by Crippen LogP contribution is 2.21. The number of likely N-dealkylation sites (tertiary alicyclic amines) is 1. The number of nitrogens with one attached hydrogen (secondary N) is 1. The number of likely N-dealkylation sites (N-methyl/N-ethyl adjacent to an activating group) is 1. The topological polar surface area (TPSA) is 44.5 Å². The molecule has 2 unspecified atom stereocenters. The smallest absolute Gasteiger partial charge is 0.151 e. The summed E-state index contributed by atoms with van der Waals surface area (Å²) in [5.74, 6) is 1.67. The minimum Gasteiger partial charge on any atom is -0.360 e. The van der Waals surface area contributed by atoms with Gasteiger partial charge in [-0.15, -0.1) is 0 Å². The van der Waals surface area contributed by atoms with Gasteiger partial charge in [0.25, 0.3) is 0 Å². The van der Waals surface area contributed by atoms with Gasteiger partial charge in [0.05, 0.1) is 12.2 Å². The molecule has 0 saturated carbocycles. The van der Waals surface area contributed by atoms with E-state index in [1.807, 2.05) is 13.1 Å². The van der Waals surface area contributed by atoms with Gasteiger partial charge in [0, 0.05) is 31.7 Å². The average Bonchev–Trinajstić information content (AvgIpc) is 2.87. The Morgan fingerprint density at radius 2 is 2.28 bits per heavy atom. The molecule has 2 atom stereocenters. The molecule has 0 aliphatic carbocycles. The monoisotopic (exact) mass is 252 g/mol. The Kier molecular flexibility index (Phi) is 4.37. The average molecular weight is 252 g/mol. The molecular weight excluding hydrogens is 228 g/mol. The first-order chi connectivity index (χ1) is 8.60. The molecule has 5 heteroatoms. The maximum atomic E-state index is 5.36. The van der Waals surface area contributed by atoms with Crippen molar-refractivity contribution < 1.29 is 4.52 Å². The van der Waals surface area contributed by atoms with E-state index in [1.165, 1.54) is 0 Å². The van der Waals surface area contributed by atoms with Crippen molar-refractivity contribution in [1.29, 1.82) is 0 Å². The van der Waals surface area contributed by atoms with Crippen LogP contribution >= 0.6 is 0 Å². The largest absolute Gasteiger partial charge is 0.360 e. The summed E-state index contributed by atoms with van der Waals surface area (Å²) in [4.78, 5) is 4.76. The van der Waals surface area contributed by atoms with Crippen LogP contribution in [-0.2, 0) is 13.1 Å². The maximum absolute atomic E-state index is 5.36. The van der Waals surface area contributed by atoms with Gasteiger partial charge in [-0.2, -0.15) is 0 Å². The fraction of sp³-hybridized carbons (Fsp3) is 0.769. The van der Waals surface area contributed by atoms with Gasteiger partial charge in [0.15, 0.2) is 5.76 Å². The fourth-order valence-corrected chi connectivity index (χ4v) is 2.76. The summed E-state index contributed by atoms with van der Waals surface area (Å²) < 4.78 is 5.36. The lowest BCUT2D eigenvalue weighted by molar-refractivity contribution is 0.237. The van der Waals surface area contributed by atoms with E-state index in [0.717, 1.165) is 37.6 Å². The van der Waals surface area contributed by atoms with Gasteiger partial charge in [-0.1, -0.05) is 12.1 Å². The van der Waals surface area contributed by atoms with Crippen LogP contribution < -0.4 is 5.32 Å². The quantitative estimate of drug-likeness (QED) is 0.839. The normalized spacial score (nSPS) is 25.2. The number of aromatic nitrogens is 1. The van der Waals surface area contributed by atoms with E-state index >= 15 is 0 Å². The van der Waals surface area contributed by atoms with E-state index in [4.69, 9.17) is 4.52 Å². The van der Waals surface area contributed by atoms with Gasteiger partial charge in [-0.25, -0.2) is 0 Å². The van der Waals surface area contributed by atoms with Gasteiger partial charge in [-0.05, 0) is 27.1 Å². The molecule has 0 amide bonds. The van der Waals surface area contributed by atoms with Crippen molar-refractivity contribution in [3.05, 3.63) is 17.5 Å². The van der Waals surface area contributed by atoms with Crippen LogP contribution in [0.4, 0.5) is 0 Å². The Morgan fingerprint density at radius 3 is 2.89 bits per heavy atom. The molecule has 0 radical (unpaired) electrons. The molecule has 0 bridgehead atoms. The minimum atomic E-state index is 0.643. The van der Waals surface area contributed by atoms with Crippen molar-refractivity contribution >= 4 is 0 Å². The van der Waals surface area contributed by atoms with Crippen molar-refractivity contribution in [3.63, 3.8) is 0 Å². The molecule has 0 aromatic carbocycles. The van der Waals surface area contributed by atoms with Crippen LogP contribution in [0.2, 0.25) is 0 Å². The van der Waals surface area contributed by atoms with E-state index in [2.05, 4.69) is 41.3 Å². The molecule has 1 saturated heterocycles. The molecule has 102 valence electrons. The second kappa shape index (κ2) is 5.82. The molecular formula is C13H24N4O. The molecule has 1 aromatic rings. The first kappa shape index (κ1) is 13.5. The summed E-state index contributed by atoms with van der Waals surface area (Å²) in [6.07, 6.45) is 0. The first-order valence-corrected chi connectivity index (χ1v) is 6.58. The predicted octanol–water partition coefficient (Wildman–Crippen LogP) is 0.776. The molecule has 1 fully saturated rings. The van der Waals surface area contributed by atoms with Crippen molar-refractivity contribution in [3.8, 4) is 0 Å². The molecule has 18 heavy (non-hydrogen) atoms. The molecule has 2 heterocycles. The zero-order valence-electron chi connectivity index (χ0n) is 11.8. The molecule has 5 nitrogen and oxygen atoms in total. The number of rotatable bonds is 5. The SMILES string of the molecule is CNCc1cc(CN2CC(C)C(N(C)C)C2)on1. The summed E-state index contributed by atoms with van der Waals surface area (Å²) in [6, 6.07) is 2.69. The second-order valence-corrected chi connectivity index (χ2v) is 5.52. The number of hydrogen-bond acceptors (Lipinski definition) is 5. The molecule has 2 rings (SSSR count). The van der Waals surface area contributed by atoms with Crippen LogP contribution in [0, 0.1) is 5.92 Å². The highest BCUT2D eigenvalue weighted by molar-refractivity contribution is 5.05. The van der Waals surface area contributed by atoms with Gasteiger partial charge < -0.3 is 14.7 Å². The summed E-state index contributed by atoms with van der Waals surface area (Å²) in [5.41, 5.74) is 0.976. The highest BCUT2D eigenvalue weighted by Gasteiger charge is 2.31. The van der Waals surface area contributed by atoms with Gasteiger partial charge >= 0.3 is 0 Å². The predicted molar refractivity (Wildman–Crippen MR) is 71.2 cm³/mol. The zero-order chi connectivity index (χ0) is 13.1. The van der Waals surface area contributed by atoms with Crippen LogP contribution in [0.5, 0.6) is 0 Å². The third kappa shape index (κ3) is 3.10. The van der Waals surface area contributed by atoms with Crippen LogP contribution in [0.15, 0.2) is 10.6 Å². The van der Waals surface area contributed by atoms with Crippen molar-refractivity contribution in [1.82, 2.24) is 20.3 Å². The van der Waals surface area contributed by atoms with Crippen LogP contribution in [-0.4, -0.2) is 55.2 Å². The summed E-state index contributed by atoms with van der Waals surface area (Å²) in [5, 5.41) is 7.12. The third-order valence-corrected chi connectivity index (χ3v) is 3.66. The molecule has 1 aliphatic heterocycles. The first-order valence-electron chi connectivity index (χ1n) is 6.58. The van der Waals surface area contributed by atoms with Crippen LogP contribution in [0.25, 0.3) is 0 Å². The second-order valence-electron chi connectivity index (χ2n) is 5.52. The van der Waals surface area contributed by atoms with Crippen molar-refractivity contribution in [2.45, 2.75) is 26.1 Å². The number of nitrogens with zero attached hydrogens (tertiary/aromatic N) is 3. The van der Waals surface area contributed by atoms with Gasteiger partial charge in [-0.3, -0.25) is 4.90 Å². The van der Waals surface area contributed by atoms with Crippen LogP contribution in [0.3, 0.4) is 0 Å². The summed E-state index contributed by atoms with van der Waals surface area (Å²) >= 11 is 0. The lowest BCUT2D eigenvalue weighted by atomic mass is 10.1. The standard InChI is InChI=1S/C13H24N4O/c1-10-7-17(9-13(10)16(3)4)8-12-5-11(6-14-2)15-18-12/h5,10,13-14H,6-9H2,1-4H3. The molecule has 0 spiro atoms. The van der Waals surface area contributed by atoms with E-state index < -0.39 is 0 Å². The summed E-state index contributed by atoms with van der Waals surface area (Å²) in [7, 11) is 6.23. The molecule has 1 aromatic heterocycles. The van der Waals surface area contributed by atoms with Crippen molar-refractivity contribution in [2.24, 2.45) is 5.92 Å². The lowest BCUT2D eigenvalue weighted by Gasteiger charge is -2.22. The Balaban J connectivity index is 1.90. The number of hydrogen-bond donors (Lipinski definition) is 1.